The van der Waals surface area contributed by atoms with Gasteiger partial charge in [0.25, 0.3) is 9.05 Å². The molecule has 1 rings (SSSR count). The lowest BCUT2D eigenvalue weighted by Crippen LogP contribution is -2.05. The first-order valence-corrected chi connectivity index (χ1v) is 6.51. The molecule has 0 saturated carbocycles. The highest BCUT2D eigenvalue weighted by molar-refractivity contribution is 8.13. The van der Waals surface area contributed by atoms with Gasteiger partial charge in [0, 0.05) is 17.2 Å². The minimum atomic E-state index is -3.95. The first-order valence-electron chi connectivity index (χ1n) is 4.20. The number of rotatable bonds is 3. The fourth-order valence-corrected chi connectivity index (χ4v) is 2.29. The maximum Gasteiger partial charge on any atom is 0.265 e. The Morgan fingerprint density at radius 2 is 2.19 bits per heavy atom. The number of benzene rings is 1. The Bertz CT molecular complexity index is 549. The third-order valence-corrected chi connectivity index (χ3v) is 3.35. The van der Waals surface area contributed by atoms with E-state index in [2.05, 4.69) is 0 Å². The van der Waals surface area contributed by atoms with Crippen molar-refractivity contribution in [2.45, 2.75) is 11.4 Å². The summed E-state index contributed by atoms with van der Waals surface area (Å²) < 4.78 is 27.3. The Kier molecular flexibility index (Phi) is 3.75. The molecule has 0 unspecified atom stereocenters. The Labute approximate surface area is 97.8 Å². The smallest absolute Gasteiger partial charge is 0.265 e. The fourth-order valence-electron chi connectivity index (χ4n) is 1.29. The van der Waals surface area contributed by atoms with Gasteiger partial charge in [0.05, 0.1) is 12.7 Å². The van der Waals surface area contributed by atoms with Gasteiger partial charge in [0.15, 0.2) is 5.75 Å². The van der Waals surface area contributed by atoms with Crippen molar-refractivity contribution in [3.8, 4) is 11.8 Å². The van der Waals surface area contributed by atoms with E-state index in [0.29, 0.717) is 5.56 Å². The monoisotopic (exact) mass is 260 g/mol. The minimum absolute atomic E-state index is 0.0690. The number of halogens is 1. The van der Waals surface area contributed by atoms with Gasteiger partial charge in [0.2, 0.25) is 0 Å². The topological polar surface area (TPSA) is 93.2 Å². The van der Waals surface area contributed by atoms with Crippen molar-refractivity contribution in [2.75, 3.05) is 7.11 Å². The molecule has 0 saturated heterocycles. The minimum Gasteiger partial charge on any atom is -0.494 e. The van der Waals surface area contributed by atoms with Gasteiger partial charge in [-0.1, -0.05) is 6.07 Å². The van der Waals surface area contributed by atoms with Gasteiger partial charge in [0.1, 0.15) is 11.0 Å². The Morgan fingerprint density at radius 1 is 1.56 bits per heavy atom. The van der Waals surface area contributed by atoms with Crippen LogP contribution in [0.5, 0.6) is 5.75 Å². The van der Waals surface area contributed by atoms with Crippen molar-refractivity contribution in [3.05, 3.63) is 23.3 Å². The van der Waals surface area contributed by atoms with E-state index in [4.69, 9.17) is 26.4 Å². The molecule has 0 aliphatic carbocycles. The summed E-state index contributed by atoms with van der Waals surface area (Å²) in [4.78, 5) is -0.231. The summed E-state index contributed by atoms with van der Waals surface area (Å²) in [7, 11) is 2.54. The maximum atomic E-state index is 11.2. The number of hydrogen-bond donors (Lipinski definition) is 1. The molecule has 0 aromatic heterocycles. The zero-order chi connectivity index (χ0) is 12.3. The lowest BCUT2D eigenvalue weighted by Gasteiger charge is -2.10. The van der Waals surface area contributed by atoms with E-state index >= 15 is 0 Å². The van der Waals surface area contributed by atoms with Crippen LogP contribution in [-0.4, -0.2) is 15.5 Å². The predicted molar refractivity (Wildman–Crippen MR) is 58.6 cm³/mol. The van der Waals surface area contributed by atoms with Crippen LogP contribution in [0.1, 0.15) is 11.1 Å². The van der Waals surface area contributed by atoms with Crippen LogP contribution >= 0.6 is 10.7 Å². The average molecular weight is 261 g/mol. The molecule has 0 radical (unpaired) electrons. The molecule has 0 spiro atoms. The van der Waals surface area contributed by atoms with Crippen LogP contribution in [-0.2, 0) is 15.6 Å². The normalized spacial score (nSPS) is 10.9. The molecule has 86 valence electrons. The van der Waals surface area contributed by atoms with Crippen LogP contribution in [0.3, 0.4) is 0 Å². The molecule has 2 N–H and O–H groups in total. The number of ether oxygens (including phenoxy) is 1. The molecule has 0 aliphatic heterocycles. The highest BCUT2D eigenvalue weighted by Gasteiger charge is 2.21. The number of nitriles is 1. The molecule has 16 heavy (non-hydrogen) atoms. The zero-order valence-corrected chi connectivity index (χ0v) is 9.97. The molecule has 1 aromatic carbocycles. The largest absolute Gasteiger partial charge is 0.494 e. The van der Waals surface area contributed by atoms with Gasteiger partial charge in [-0.15, -0.1) is 0 Å². The number of nitrogens with two attached hydrogens (primary N) is 1. The van der Waals surface area contributed by atoms with Crippen molar-refractivity contribution in [1.82, 2.24) is 0 Å². The van der Waals surface area contributed by atoms with E-state index in [1.165, 1.54) is 19.2 Å². The molecule has 0 aliphatic rings. The molecule has 0 bridgehead atoms. The van der Waals surface area contributed by atoms with Gasteiger partial charge in [-0.3, -0.25) is 0 Å². The molecule has 0 atom stereocenters. The van der Waals surface area contributed by atoms with Crippen LogP contribution in [0.2, 0.25) is 0 Å². The third kappa shape index (κ3) is 2.27. The van der Waals surface area contributed by atoms with E-state index in [9.17, 15) is 8.42 Å². The van der Waals surface area contributed by atoms with E-state index in [0.717, 1.165) is 0 Å². The second kappa shape index (κ2) is 4.70. The van der Waals surface area contributed by atoms with Gasteiger partial charge in [-0.2, -0.15) is 5.26 Å². The van der Waals surface area contributed by atoms with Crippen molar-refractivity contribution in [2.24, 2.45) is 5.73 Å². The van der Waals surface area contributed by atoms with E-state index in [-0.39, 0.29) is 22.8 Å². The van der Waals surface area contributed by atoms with E-state index < -0.39 is 9.05 Å². The summed E-state index contributed by atoms with van der Waals surface area (Å²) in [6.45, 7) is 0.113. The summed E-state index contributed by atoms with van der Waals surface area (Å²) in [5.74, 6) is -0.0690. The van der Waals surface area contributed by atoms with Gasteiger partial charge >= 0.3 is 0 Å². The quantitative estimate of drug-likeness (QED) is 0.817. The highest BCUT2D eigenvalue weighted by Crippen LogP contribution is 2.32. The number of nitrogens with zero attached hydrogens (tertiary/aromatic N) is 1. The summed E-state index contributed by atoms with van der Waals surface area (Å²) >= 11 is 0. The van der Waals surface area contributed by atoms with Crippen LogP contribution in [0.15, 0.2) is 17.0 Å². The van der Waals surface area contributed by atoms with Crippen molar-refractivity contribution in [1.29, 1.82) is 5.26 Å². The van der Waals surface area contributed by atoms with Gasteiger partial charge < -0.3 is 10.5 Å². The first-order chi connectivity index (χ1) is 7.45. The Balaban J connectivity index is 3.65. The Hall–Kier alpha value is -1.29. The number of hydrogen-bond acceptors (Lipinski definition) is 5. The third-order valence-electron chi connectivity index (χ3n) is 2.01. The standard InChI is InChI=1S/C9H9ClN2O3S/c1-15-9-7(5-12)6(4-11)2-3-8(9)16(10,13)14/h2-3H,4,11H2,1H3. The Morgan fingerprint density at radius 3 is 2.56 bits per heavy atom. The van der Waals surface area contributed by atoms with Gasteiger partial charge in [-0.25, -0.2) is 8.42 Å². The lowest BCUT2D eigenvalue weighted by molar-refractivity contribution is 0.401. The second-order valence-corrected chi connectivity index (χ2v) is 5.42. The lowest BCUT2D eigenvalue weighted by atomic mass is 10.1. The van der Waals surface area contributed by atoms with Crippen LogP contribution in [0.4, 0.5) is 0 Å². The SMILES string of the molecule is COc1c(S(=O)(=O)Cl)ccc(CN)c1C#N. The second-order valence-electron chi connectivity index (χ2n) is 2.88. The summed E-state index contributed by atoms with van der Waals surface area (Å²) in [5, 5.41) is 8.93. The highest BCUT2D eigenvalue weighted by atomic mass is 35.7. The summed E-state index contributed by atoms with van der Waals surface area (Å²) in [6.07, 6.45) is 0. The molecule has 0 heterocycles. The average Bonchev–Trinajstić information content (AvgIpc) is 2.25. The molecule has 5 nitrogen and oxygen atoms in total. The maximum absolute atomic E-state index is 11.2. The molecule has 1 aromatic rings. The first kappa shape index (κ1) is 12.8. The fraction of sp³-hybridized carbons (Fsp3) is 0.222. The van der Waals surface area contributed by atoms with Crippen molar-refractivity contribution >= 4 is 19.7 Å². The number of methoxy groups -OCH3 is 1. The van der Waals surface area contributed by atoms with Crippen LogP contribution in [0.25, 0.3) is 0 Å². The van der Waals surface area contributed by atoms with Gasteiger partial charge in [-0.05, 0) is 11.6 Å². The van der Waals surface area contributed by atoms with E-state index in [1.54, 1.807) is 0 Å². The molecular formula is C9H9ClN2O3S. The molecule has 0 amide bonds. The summed E-state index contributed by atoms with van der Waals surface area (Å²) in [6, 6.07) is 4.56. The summed E-state index contributed by atoms with van der Waals surface area (Å²) in [5.41, 5.74) is 6.01. The molecule has 7 heteroatoms. The molecule has 0 fully saturated rings. The van der Waals surface area contributed by atoms with E-state index in [1.807, 2.05) is 6.07 Å². The predicted octanol–water partition coefficient (Wildman–Crippen LogP) is 0.953. The van der Waals surface area contributed by atoms with Crippen LogP contribution in [0, 0.1) is 11.3 Å². The van der Waals surface area contributed by atoms with Crippen molar-refractivity contribution in [3.63, 3.8) is 0 Å². The molecular weight excluding hydrogens is 252 g/mol. The van der Waals surface area contributed by atoms with Crippen LogP contribution < -0.4 is 10.5 Å². The zero-order valence-electron chi connectivity index (χ0n) is 8.40. The van der Waals surface area contributed by atoms with Crippen molar-refractivity contribution < 1.29 is 13.2 Å².